The minimum Gasteiger partial charge on any atom is -0.496 e. The van der Waals surface area contributed by atoms with Crippen LogP contribution in [0.4, 0.5) is 0 Å². The van der Waals surface area contributed by atoms with E-state index in [4.69, 9.17) is 4.74 Å². The first-order valence-corrected chi connectivity index (χ1v) is 4.91. The molecule has 82 valence electrons. The molecule has 0 amide bonds. The Balaban J connectivity index is 2.55. The van der Waals surface area contributed by atoms with Crippen molar-refractivity contribution in [2.75, 3.05) is 7.11 Å². The van der Waals surface area contributed by atoms with E-state index >= 15 is 0 Å². The van der Waals surface area contributed by atoms with E-state index in [1.807, 2.05) is 25.1 Å². The largest absolute Gasteiger partial charge is 0.496 e. The standard InChI is InChI=1S/C12H12N2O2/c1-8-3-4-9(11(7-8)16-2)10-5-6-12(15)14-13-10/h3-7H,1-2H3,(H,14,15). The normalized spacial score (nSPS) is 10.1. The fourth-order valence-corrected chi connectivity index (χ4v) is 1.50. The van der Waals surface area contributed by atoms with Crippen molar-refractivity contribution in [3.05, 3.63) is 46.2 Å². The summed E-state index contributed by atoms with van der Waals surface area (Å²) in [6.07, 6.45) is 0. The molecule has 1 aromatic heterocycles. The number of ether oxygens (including phenoxy) is 1. The molecule has 0 aliphatic heterocycles. The van der Waals surface area contributed by atoms with Gasteiger partial charge in [-0.1, -0.05) is 6.07 Å². The van der Waals surface area contributed by atoms with Crippen LogP contribution in [0, 0.1) is 6.92 Å². The highest BCUT2D eigenvalue weighted by atomic mass is 16.5. The molecule has 0 bridgehead atoms. The molecule has 4 nitrogen and oxygen atoms in total. The first-order valence-electron chi connectivity index (χ1n) is 4.91. The lowest BCUT2D eigenvalue weighted by Crippen LogP contribution is -2.05. The number of aryl methyl sites for hydroxylation is 1. The second-order valence-electron chi connectivity index (χ2n) is 3.51. The average Bonchev–Trinajstić information content (AvgIpc) is 2.30. The van der Waals surface area contributed by atoms with Gasteiger partial charge in [-0.15, -0.1) is 0 Å². The van der Waals surface area contributed by atoms with Gasteiger partial charge in [-0.05, 0) is 30.7 Å². The molecule has 2 aromatic rings. The van der Waals surface area contributed by atoms with Gasteiger partial charge in [-0.2, -0.15) is 5.10 Å². The maximum Gasteiger partial charge on any atom is 0.264 e. The van der Waals surface area contributed by atoms with Gasteiger partial charge in [0, 0.05) is 11.6 Å². The summed E-state index contributed by atoms with van der Waals surface area (Å²) in [5.41, 5.74) is 2.46. The van der Waals surface area contributed by atoms with E-state index in [1.54, 1.807) is 13.2 Å². The SMILES string of the molecule is COc1cc(C)ccc1-c1ccc(=O)[nH]n1. The highest BCUT2D eigenvalue weighted by Gasteiger charge is 2.06. The van der Waals surface area contributed by atoms with Gasteiger partial charge in [0.25, 0.3) is 5.56 Å². The lowest BCUT2D eigenvalue weighted by Gasteiger charge is -2.08. The van der Waals surface area contributed by atoms with Gasteiger partial charge in [0.2, 0.25) is 0 Å². The van der Waals surface area contributed by atoms with Gasteiger partial charge in [0.05, 0.1) is 12.8 Å². The van der Waals surface area contributed by atoms with Crippen LogP contribution in [-0.4, -0.2) is 17.3 Å². The van der Waals surface area contributed by atoms with Gasteiger partial charge in [0.1, 0.15) is 5.75 Å². The molecular weight excluding hydrogens is 204 g/mol. The number of hydrogen-bond acceptors (Lipinski definition) is 3. The number of rotatable bonds is 2. The number of nitrogens with one attached hydrogen (secondary N) is 1. The van der Waals surface area contributed by atoms with Crippen LogP contribution in [-0.2, 0) is 0 Å². The van der Waals surface area contributed by atoms with Gasteiger partial charge < -0.3 is 4.74 Å². The maximum absolute atomic E-state index is 10.9. The number of aromatic amines is 1. The molecule has 1 aromatic carbocycles. The van der Waals surface area contributed by atoms with E-state index in [1.165, 1.54) is 6.07 Å². The molecule has 0 aliphatic rings. The van der Waals surface area contributed by atoms with Gasteiger partial charge in [-0.3, -0.25) is 4.79 Å². The molecule has 0 saturated carbocycles. The third-order valence-corrected chi connectivity index (χ3v) is 2.31. The number of nitrogens with zero attached hydrogens (tertiary/aromatic N) is 1. The van der Waals surface area contributed by atoms with Crippen molar-refractivity contribution in [2.45, 2.75) is 6.92 Å². The number of H-pyrrole nitrogens is 1. The number of aromatic nitrogens is 2. The van der Waals surface area contributed by atoms with E-state index < -0.39 is 0 Å². The fraction of sp³-hybridized carbons (Fsp3) is 0.167. The zero-order chi connectivity index (χ0) is 11.5. The van der Waals surface area contributed by atoms with Crippen LogP contribution in [0.1, 0.15) is 5.56 Å². The molecule has 1 N–H and O–H groups in total. The third-order valence-electron chi connectivity index (χ3n) is 2.31. The lowest BCUT2D eigenvalue weighted by atomic mass is 10.1. The highest BCUT2D eigenvalue weighted by Crippen LogP contribution is 2.28. The zero-order valence-corrected chi connectivity index (χ0v) is 9.15. The zero-order valence-electron chi connectivity index (χ0n) is 9.15. The molecule has 0 radical (unpaired) electrons. The predicted octanol–water partition coefficient (Wildman–Crippen LogP) is 1.75. The Bertz CT molecular complexity index is 541. The Kier molecular flexibility index (Phi) is 2.72. The number of benzene rings is 1. The Morgan fingerprint density at radius 3 is 2.69 bits per heavy atom. The molecule has 2 rings (SSSR count). The Labute approximate surface area is 92.9 Å². The summed E-state index contributed by atoms with van der Waals surface area (Å²) >= 11 is 0. The topological polar surface area (TPSA) is 55.0 Å². The summed E-state index contributed by atoms with van der Waals surface area (Å²) in [6.45, 7) is 1.99. The van der Waals surface area contributed by atoms with Crippen LogP contribution in [0.5, 0.6) is 5.75 Å². The molecule has 16 heavy (non-hydrogen) atoms. The average molecular weight is 216 g/mol. The van der Waals surface area contributed by atoms with E-state index in [2.05, 4.69) is 10.2 Å². The Morgan fingerprint density at radius 2 is 2.06 bits per heavy atom. The molecule has 0 atom stereocenters. The molecule has 1 heterocycles. The van der Waals surface area contributed by atoms with E-state index in [9.17, 15) is 4.79 Å². The Morgan fingerprint density at radius 1 is 1.25 bits per heavy atom. The summed E-state index contributed by atoms with van der Waals surface area (Å²) < 4.78 is 5.28. The monoisotopic (exact) mass is 216 g/mol. The summed E-state index contributed by atoms with van der Waals surface area (Å²) in [5.74, 6) is 0.750. The summed E-state index contributed by atoms with van der Waals surface area (Å²) in [7, 11) is 1.62. The van der Waals surface area contributed by atoms with E-state index in [0.29, 0.717) is 5.69 Å². The van der Waals surface area contributed by atoms with Gasteiger partial charge in [-0.25, -0.2) is 5.10 Å². The van der Waals surface area contributed by atoms with Crippen molar-refractivity contribution in [1.29, 1.82) is 0 Å². The van der Waals surface area contributed by atoms with E-state index in [0.717, 1.165) is 16.9 Å². The highest BCUT2D eigenvalue weighted by molar-refractivity contribution is 5.67. The minimum atomic E-state index is -0.213. The van der Waals surface area contributed by atoms with Crippen LogP contribution in [0.25, 0.3) is 11.3 Å². The lowest BCUT2D eigenvalue weighted by molar-refractivity contribution is 0.416. The summed E-state index contributed by atoms with van der Waals surface area (Å²) in [5, 5.41) is 6.37. The second kappa shape index (κ2) is 4.18. The van der Waals surface area contributed by atoms with Gasteiger partial charge in [0.15, 0.2) is 0 Å². The van der Waals surface area contributed by atoms with Crippen LogP contribution < -0.4 is 10.3 Å². The van der Waals surface area contributed by atoms with E-state index in [-0.39, 0.29) is 5.56 Å². The molecule has 4 heteroatoms. The second-order valence-corrected chi connectivity index (χ2v) is 3.51. The van der Waals surface area contributed by atoms with Crippen LogP contribution >= 0.6 is 0 Å². The van der Waals surface area contributed by atoms with Crippen molar-refractivity contribution >= 4 is 0 Å². The minimum absolute atomic E-state index is 0.213. The van der Waals surface area contributed by atoms with Crippen molar-refractivity contribution < 1.29 is 4.74 Å². The first kappa shape index (κ1) is 10.4. The van der Waals surface area contributed by atoms with Crippen LogP contribution in [0.2, 0.25) is 0 Å². The maximum atomic E-state index is 10.9. The molecule has 0 saturated heterocycles. The molecular formula is C12H12N2O2. The van der Waals surface area contributed by atoms with Crippen molar-refractivity contribution in [3.63, 3.8) is 0 Å². The third kappa shape index (κ3) is 1.95. The van der Waals surface area contributed by atoms with Crippen LogP contribution in [0.15, 0.2) is 35.1 Å². The molecule has 0 aliphatic carbocycles. The Hall–Kier alpha value is -2.10. The van der Waals surface area contributed by atoms with Crippen molar-refractivity contribution in [1.82, 2.24) is 10.2 Å². The molecule has 0 fully saturated rings. The van der Waals surface area contributed by atoms with Gasteiger partial charge >= 0.3 is 0 Å². The first-order chi connectivity index (χ1) is 7.70. The fourth-order valence-electron chi connectivity index (χ4n) is 1.50. The smallest absolute Gasteiger partial charge is 0.264 e. The summed E-state index contributed by atoms with van der Waals surface area (Å²) in [4.78, 5) is 10.9. The summed E-state index contributed by atoms with van der Waals surface area (Å²) in [6, 6.07) is 8.95. The van der Waals surface area contributed by atoms with Crippen LogP contribution in [0.3, 0.4) is 0 Å². The number of hydrogen-bond donors (Lipinski definition) is 1. The molecule has 0 unspecified atom stereocenters. The quantitative estimate of drug-likeness (QED) is 0.832. The van der Waals surface area contributed by atoms with Crippen molar-refractivity contribution in [3.8, 4) is 17.0 Å². The number of methoxy groups -OCH3 is 1. The van der Waals surface area contributed by atoms with Crippen molar-refractivity contribution in [2.24, 2.45) is 0 Å². The predicted molar refractivity (Wildman–Crippen MR) is 61.6 cm³/mol. The molecule has 0 spiro atoms.